The molecule has 2 unspecified atom stereocenters. The zero-order chi connectivity index (χ0) is 19.4. The first kappa shape index (κ1) is 22.2. The van der Waals surface area contributed by atoms with Crippen LogP contribution in [-0.2, 0) is 10.0 Å². The molecule has 1 aliphatic heterocycles. The van der Waals surface area contributed by atoms with E-state index in [1.165, 1.54) is 17.4 Å². The molecule has 0 aromatic heterocycles. The Morgan fingerprint density at radius 1 is 1.11 bits per heavy atom. The fourth-order valence-electron chi connectivity index (χ4n) is 3.29. The SMILES string of the molecule is CC1NCCCC1NC(=O)c1ccccc1S(=O)(=O)N(C)c1ccccc1.Cl. The monoisotopic (exact) mass is 423 g/mol. The number of carbonyl (C=O) groups excluding carboxylic acids is 1. The summed E-state index contributed by atoms with van der Waals surface area (Å²) in [7, 11) is -2.37. The molecule has 6 nitrogen and oxygen atoms in total. The molecule has 0 bridgehead atoms. The van der Waals surface area contributed by atoms with Crippen LogP contribution in [0.15, 0.2) is 59.5 Å². The molecule has 28 heavy (non-hydrogen) atoms. The summed E-state index contributed by atoms with van der Waals surface area (Å²) >= 11 is 0. The van der Waals surface area contributed by atoms with E-state index in [4.69, 9.17) is 0 Å². The first-order valence-corrected chi connectivity index (χ1v) is 10.5. The van der Waals surface area contributed by atoms with Crippen LogP contribution in [0.5, 0.6) is 0 Å². The fourth-order valence-corrected chi connectivity index (χ4v) is 4.67. The van der Waals surface area contributed by atoms with Gasteiger partial charge in [0, 0.05) is 19.1 Å². The molecule has 152 valence electrons. The summed E-state index contributed by atoms with van der Waals surface area (Å²) in [6.07, 6.45) is 1.85. The summed E-state index contributed by atoms with van der Waals surface area (Å²) in [6.45, 7) is 2.95. The van der Waals surface area contributed by atoms with Crippen molar-refractivity contribution >= 4 is 34.0 Å². The van der Waals surface area contributed by atoms with Crippen molar-refractivity contribution in [1.29, 1.82) is 0 Å². The number of amides is 1. The van der Waals surface area contributed by atoms with Gasteiger partial charge in [0.15, 0.2) is 0 Å². The quantitative estimate of drug-likeness (QED) is 0.775. The molecule has 1 amide bonds. The largest absolute Gasteiger partial charge is 0.348 e. The van der Waals surface area contributed by atoms with Crippen LogP contribution >= 0.6 is 12.4 Å². The summed E-state index contributed by atoms with van der Waals surface area (Å²) in [5.41, 5.74) is 0.705. The number of halogens is 1. The summed E-state index contributed by atoms with van der Waals surface area (Å²) in [4.78, 5) is 12.9. The van der Waals surface area contributed by atoms with E-state index < -0.39 is 10.0 Å². The predicted octanol–water partition coefficient (Wildman–Crippen LogP) is 2.80. The molecule has 1 aliphatic rings. The van der Waals surface area contributed by atoms with Crippen molar-refractivity contribution in [2.45, 2.75) is 36.7 Å². The number of sulfonamides is 1. The van der Waals surface area contributed by atoms with Crippen molar-refractivity contribution in [1.82, 2.24) is 10.6 Å². The second-order valence-electron chi connectivity index (χ2n) is 6.77. The van der Waals surface area contributed by atoms with Gasteiger partial charge in [-0.15, -0.1) is 12.4 Å². The van der Waals surface area contributed by atoms with E-state index in [1.807, 2.05) is 13.0 Å². The third-order valence-electron chi connectivity index (χ3n) is 4.97. The molecular weight excluding hydrogens is 398 g/mol. The van der Waals surface area contributed by atoms with Crippen LogP contribution in [0.1, 0.15) is 30.1 Å². The number of para-hydroxylation sites is 1. The van der Waals surface area contributed by atoms with Gasteiger partial charge in [0.25, 0.3) is 15.9 Å². The topological polar surface area (TPSA) is 78.5 Å². The average molecular weight is 424 g/mol. The lowest BCUT2D eigenvalue weighted by Gasteiger charge is -2.31. The minimum Gasteiger partial charge on any atom is -0.348 e. The van der Waals surface area contributed by atoms with Crippen LogP contribution in [-0.4, -0.2) is 40.0 Å². The number of benzene rings is 2. The Kier molecular flexibility index (Phi) is 7.46. The molecular formula is C20H26ClN3O3S. The van der Waals surface area contributed by atoms with Crippen molar-refractivity contribution < 1.29 is 13.2 Å². The normalized spacial score (nSPS) is 19.4. The van der Waals surface area contributed by atoms with Crippen LogP contribution in [0, 0.1) is 0 Å². The Balaban J connectivity index is 0.00000280. The van der Waals surface area contributed by atoms with Gasteiger partial charge in [-0.05, 0) is 50.6 Å². The van der Waals surface area contributed by atoms with E-state index in [1.54, 1.807) is 42.5 Å². The molecule has 8 heteroatoms. The molecule has 0 saturated carbocycles. The molecule has 2 atom stereocenters. The maximum absolute atomic E-state index is 13.1. The van der Waals surface area contributed by atoms with E-state index >= 15 is 0 Å². The van der Waals surface area contributed by atoms with E-state index in [9.17, 15) is 13.2 Å². The van der Waals surface area contributed by atoms with Crippen LogP contribution in [0.3, 0.4) is 0 Å². The first-order valence-electron chi connectivity index (χ1n) is 9.08. The van der Waals surface area contributed by atoms with Gasteiger partial charge in [0.2, 0.25) is 0 Å². The number of nitrogens with one attached hydrogen (secondary N) is 2. The van der Waals surface area contributed by atoms with Gasteiger partial charge in [0.05, 0.1) is 11.3 Å². The highest BCUT2D eigenvalue weighted by Gasteiger charge is 2.29. The average Bonchev–Trinajstić information content (AvgIpc) is 2.69. The summed E-state index contributed by atoms with van der Waals surface area (Å²) in [5.74, 6) is -0.365. The molecule has 3 rings (SSSR count). The lowest BCUT2D eigenvalue weighted by Crippen LogP contribution is -2.52. The first-order chi connectivity index (χ1) is 12.9. The standard InChI is InChI=1S/C20H25N3O3S.ClH/c1-15-18(12-8-14-21-15)22-20(24)17-11-6-7-13-19(17)27(25,26)23(2)16-9-4-3-5-10-16;/h3-7,9-11,13,15,18,21H,8,12,14H2,1-2H3,(H,22,24);1H. The van der Waals surface area contributed by atoms with Gasteiger partial charge in [-0.2, -0.15) is 0 Å². The number of piperidine rings is 1. The van der Waals surface area contributed by atoms with Crippen LogP contribution in [0.2, 0.25) is 0 Å². The Bertz CT molecular complexity index is 906. The van der Waals surface area contributed by atoms with Gasteiger partial charge in [-0.1, -0.05) is 30.3 Å². The number of anilines is 1. The van der Waals surface area contributed by atoms with Crippen molar-refractivity contribution in [3.05, 3.63) is 60.2 Å². The van der Waals surface area contributed by atoms with E-state index in [0.717, 1.165) is 19.4 Å². The Hall–Kier alpha value is -2.09. The lowest BCUT2D eigenvalue weighted by atomic mass is 9.99. The van der Waals surface area contributed by atoms with Crippen molar-refractivity contribution in [3.8, 4) is 0 Å². The Morgan fingerprint density at radius 2 is 1.75 bits per heavy atom. The van der Waals surface area contributed by atoms with Crippen molar-refractivity contribution in [2.75, 3.05) is 17.9 Å². The van der Waals surface area contributed by atoms with Gasteiger partial charge in [-0.25, -0.2) is 8.42 Å². The number of hydrogen-bond donors (Lipinski definition) is 2. The molecule has 1 heterocycles. The third kappa shape index (κ3) is 4.66. The number of carbonyl (C=O) groups is 1. The highest BCUT2D eigenvalue weighted by Crippen LogP contribution is 2.24. The van der Waals surface area contributed by atoms with Gasteiger partial charge in [0.1, 0.15) is 4.90 Å². The van der Waals surface area contributed by atoms with E-state index in [-0.39, 0.29) is 40.9 Å². The summed E-state index contributed by atoms with van der Waals surface area (Å²) < 4.78 is 27.5. The highest BCUT2D eigenvalue weighted by atomic mass is 35.5. The van der Waals surface area contributed by atoms with Gasteiger partial charge in [-0.3, -0.25) is 9.10 Å². The molecule has 1 fully saturated rings. The van der Waals surface area contributed by atoms with Crippen LogP contribution in [0.4, 0.5) is 5.69 Å². The number of rotatable bonds is 5. The molecule has 0 radical (unpaired) electrons. The van der Waals surface area contributed by atoms with Crippen LogP contribution < -0.4 is 14.9 Å². The molecule has 0 aliphatic carbocycles. The van der Waals surface area contributed by atoms with Gasteiger partial charge >= 0.3 is 0 Å². The predicted molar refractivity (Wildman–Crippen MR) is 114 cm³/mol. The van der Waals surface area contributed by atoms with Crippen LogP contribution in [0.25, 0.3) is 0 Å². The fraction of sp³-hybridized carbons (Fsp3) is 0.350. The molecule has 0 spiro atoms. The second-order valence-corrected chi connectivity index (χ2v) is 8.71. The smallest absolute Gasteiger partial charge is 0.264 e. The highest BCUT2D eigenvalue weighted by molar-refractivity contribution is 7.92. The second kappa shape index (κ2) is 9.41. The summed E-state index contributed by atoms with van der Waals surface area (Å²) in [6, 6.07) is 15.3. The van der Waals surface area contributed by atoms with E-state index in [0.29, 0.717) is 5.69 Å². The Morgan fingerprint density at radius 3 is 2.43 bits per heavy atom. The third-order valence-corrected chi connectivity index (χ3v) is 6.81. The molecule has 2 aromatic carbocycles. The molecule has 1 saturated heterocycles. The molecule has 2 aromatic rings. The summed E-state index contributed by atoms with van der Waals surface area (Å²) in [5, 5.41) is 6.32. The zero-order valence-corrected chi connectivity index (χ0v) is 17.6. The minimum atomic E-state index is -3.87. The van der Waals surface area contributed by atoms with Gasteiger partial charge < -0.3 is 10.6 Å². The number of hydrogen-bond acceptors (Lipinski definition) is 4. The van der Waals surface area contributed by atoms with Crippen molar-refractivity contribution in [2.24, 2.45) is 0 Å². The maximum atomic E-state index is 13.1. The molecule has 2 N–H and O–H groups in total. The van der Waals surface area contributed by atoms with E-state index in [2.05, 4.69) is 10.6 Å². The van der Waals surface area contributed by atoms with Crippen molar-refractivity contribution in [3.63, 3.8) is 0 Å². The minimum absolute atomic E-state index is 0. The lowest BCUT2D eigenvalue weighted by molar-refractivity contribution is 0.0916. The maximum Gasteiger partial charge on any atom is 0.264 e. The zero-order valence-electron chi connectivity index (χ0n) is 16.0. The number of nitrogens with zero attached hydrogens (tertiary/aromatic N) is 1. The Labute approximate surface area is 172 Å².